The molecule has 2 aromatic rings. The highest BCUT2D eigenvalue weighted by Crippen LogP contribution is 2.21. The predicted octanol–water partition coefficient (Wildman–Crippen LogP) is 4.12. The Bertz CT molecular complexity index is 679. The van der Waals surface area contributed by atoms with Crippen LogP contribution in [0.3, 0.4) is 0 Å². The average Bonchev–Trinajstić information content (AvgIpc) is 2.53. The number of hydrogen-bond donors (Lipinski definition) is 1. The molecule has 2 rings (SSSR count). The van der Waals surface area contributed by atoms with Crippen molar-refractivity contribution in [3.05, 3.63) is 64.7 Å². The molecule has 2 aromatic carbocycles. The summed E-state index contributed by atoms with van der Waals surface area (Å²) in [4.78, 5) is 12.4. The van der Waals surface area contributed by atoms with Crippen molar-refractivity contribution in [3.8, 4) is 5.75 Å². The maximum Gasteiger partial charge on any atom is 0.224 e. The normalized spacial score (nSPS) is 11.8. The number of methoxy groups -OCH3 is 1. The van der Waals surface area contributed by atoms with Gasteiger partial charge in [-0.25, -0.2) is 0 Å². The van der Waals surface area contributed by atoms with Crippen LogP contribution < -0.4 is 10.1 Å². The molecule has 1 N–H and O–H groups in total. The van der Waals surface area contributed by atoms with Gasteiger partial charge in [0.2, 0.25) is 5.91 Å². The van der Waals surface area contributed by atoms with Gasteiger partial charge in [0.05, 0.1) is 19.6 Å². The Morgan fingerprint density at radius 2 is 1.87 bits per heavy atom. The van der Waals surface area contributed by atoms with Crippen LogP contribution in [-0.2, 0) is 11.2 Å². The first kappa shape index (κ1) is 17.1. The summed E-state index contributed by atoms with van der Waals surface area (Å²) in [5.41, 5.74) is 4.44. The first-order chi connectivity index (χ1) is 11.0. The number of carbonyl (C=O) groups is 1. The lowest BCUT2D eigenvalue weighted by atomic mass is 9.99. The van der Waals surface area contributed by atoms with Gasteiger partial charge < -0.3 is 10.1 Å². The molecule has 122 valence electrons. The van der Waals surface area contributed by atoms with Crippen molar-refractivity contribution < 1.29 is 9.53 Å². The molecule has 1 amide bonds. The lowest BCUT2D eigenvalue weighted by molar-refractivity contribution is -0.121. The predicted molar refractivity (Wildman–Crippen MR) is 93.8 cm³/mol. The van der Waals surface area contributed by atoms with Gasteiger partial charge >= 0.3 is 0 Å². The Morgan fingerprint density at radius 3 is 2.48 bits per heavy atom. The molecule has 0 radical (unpaired) electrons. The molecule has 1 atom stereocenters. The molecule has 0 aliphatic carbocycles. The van der Waals surface area contributed by atoms with E-state index in [1.54, 1.807) is 7.11 Å². The number of amides is 1. The monoisotopic (exact) mass is 311 g/mol. The van der Waals surface area contributed by atoms with Crippen LogP contribution in [-0.4, -0.2) is 13.0 Å². The highest BCUT2D eigenvalue weighted by Gasteiger charge is 2.15. The Balaban J connectivity index is 2.06. The van der Waals surface area contributed by atoms with E-state index in [0.717, 1.165) is 23.3 Å². The lowest BCUT2D eigenvalue weighted by Gasteiger charge is -2.19. The summed E-state index contributed by atoms with van der Waals surface area (Å²) in [6.45, 7) is 6.16. The minimum Gasteiger partial charge on any atom is -0.496 e. The average molecular weight is 311 g/mol. The molecule has 3 nitrogen and oxygen atoms in total. The third-order valence-corrected chi connectivity index (χ3v) is 4.13. The standard InChI is InChI=1S/C20H25NO2/c1-5-18(17-9-7-6-8-14(17)2)21-20(22)13-16-10-11-19(23-4)15(3)12-16/h6-12,18H,5,13H2,1-4H3,(H,21,22)/t18-/m0/s1. The molecule has 0 saturated heterocycles. The van der Waals surface area contributed by atoms with Crippen molar-refractivity contribution in [2.45, 2.75) is 39.7 Å². The summed E-state index contributed by atoms with van der Waals surface area (Å²) in [5, 5.41) is 3.15. The first-order valence-corrected chi connectivity index (χ1v) is 8.03. The summed E-state index contributed by atoms with van der Waals surface area (Å²) in [5.74, 6) is 0.894. The maximum absolute atomic E-state index is 12.4. The van der Waals surface area contributed by atoms with Crippen molar-refractivity contribution in [2.24, 2.45) is 0 Å². The second kappa shape index (κ2) is 7.82. The van der Waals surface area contributed by atoms with Gasteiger partial charge in [-0.15, -0.1) is 0 Å². The van der Waals surface area contributed by atoms with Gasteiger partial charge in [0.25, 0.3) is 0 Å². The van der Waals surface area contributed by atoms with Gasteiger partial charge in [-0.3, -0.25) is 4.79 Å². The van der Waals surface area contributed by atoms with E-state index in [4.69, 9.17) is 4.74 Å². The first-order valence-electron chi connectivity index (χ1n) is 8.03. The van der Waals surface area contributed by atoms with Crippen LogP contribution in [0.4, 0.5) is 0 Å². The third kappa shape index (κ3) is 4.35. The van der Waals surface area contributed by atoms with Crippen molar-refractivity contribution in [1.82, 2.24) is 5.32 Å². The lowest BCUT2D eigenvalue weighted by Crippen LogP contribution is -2.29. The number of nitrogens with one attached hydrogen (secondary N) is 1. The van der Waals surface area contributed by atoms with Crippen LogP contribution in [0.25, 0.3) is 0 Å². The molecular formula is C20H25NO2. The molecule has 0 bridgehead atoms. The zero-order chi connectivity index (χ0) is 16.8. The van der Waals surface area contributed by atoms with E-state index in [9.17, 15) is 4.79 Å². The minimum absolute atomic E-state index is 0.0460. The molecule has 0 aliphatic heterocycles. The number of aryl methyl sites for hydroxylation is 2. The molecule has 0 unspecified atom stereocenters. The second-order valence-corrected chi connectivity index (χ2v) is 5.87. The summed E-state index contributed by atoms with van der Waals surface area (Å²) in [6, 6.07) is 14.1. The summed E-state index contributed by atoms with van der Waals surface area (Å²) >= 11 is 0. The van der Waals surface area contributed by atoms with Crippen molar-refractivity contribution >= 4 is 5.91 Å². The topological polar surface area (TPSA) is 38.3 Å². The SMILES string of the molecule is CC[C@H](NC(=O)Cc1ccc(OC)c(C)c1)c1ccccc1C. The van der Waals surface area contributed by atoms with Gasteiger partial charge in [0, 0.05) is 0 Å². The third-order valence-electron chi connectivity index (χ3n) is 4.13. The Kier molecular flexibility index (Phi) is 5.80. The van der Waals surface area contributed by atoms with E-state index < -0.39 is 0 Å². The van der Waals surface area contributed by atoms with Gasteiger partial charge in [-0.1, -0.05) is 43.3 Å². The molecule has 0 fully saturated rings. The molecule has 0 aliphatic rings. The summed E-state index contributed by atoms with van der Waals surface area (Å²) in [7, 11) is 1.66. The molecule has 23 heavy (non-hydrogen) atoms. The zero-order valence-corrected chi connectivity index (χ0v) is 14.3. The Labute approximate surface area is 138 Å². The minimum atomic E-state index is 0.0460. The van der Waals surface area contributed by atoms with Gasteiger partial charge in [-0.05, 0) is 48.6 Å². The largest absolute Gasteiger partial charge is 0.496 e. The number of rotatable bonds is 6. The smallest absolute Gasteiger partial charge is 0.224 e. The number of benzene rings is 2. The molecule has 0 saturated carbocycles. The van der Waals surface area contributed by atoms with Gasteiger partial charge in [0.1, 0.15) is 5.75 Å². The zero-order valence-electron chi connectivity index (χ0n) is 14.3. The van der Waals surface area contributed by atoms with Crippen LogP contribution in [0.1, 0.15) is 41.6 Å². The molecule has 0 spiro atoms. The van der Waals surface area contributed by atoms with Gasteiger partial charge in [-0.2, -0.15) is 0 Å². The van der Waals surface area contributed by atoms with Crippen LogP contribution in [0.15, 0.2) is 42.5 Å². The maximum atomic E-state index is 12.4. The summed E-state index contributed by atoms with van der Waals surface area (Å²) in [6.07, 6.45) is 1.26. The van der Waals surface area contributed by atoms with E-state index in [0.29, 0.717) is 6.42 Å². The van der Waals surface area contributed by atoms with Crippen LogP contribution >= 0.6 is 0 Å². The second-order valence-electron chi connectivity index (χ2n) is 5.87. The molecule has 0 heterocycles. The van der Waals surface area contributed by atoms with Crippen molar-refractivity contribution in [2.75, 3.05) is 7.11 Å². The van der Waals surface area contributed by atoms with E-state index in [1.165, 1.54) is 11.1 Å². The Morgan fingerprint density at radius 1 is 1.13 bits per heavy atom. The highest BCUT2D eigenvalue weighted by molar-refractivity contribution is 5.79. The molecular weight excluding hydrogens is 286 g/mol. The van der Waals surface area contributed by atoms with Crippen LogP contribution in [0.2, 0.25) is 0 Å². The fraction of sp³-hybridized carbons (Fsp3) is 0.350. The fourth-order valence-corrected chi connectivity index (χ4v) is 2.86. The molecule has 3 heteroatoms. The van der Waals surface area contributed by atoms with Crippen LogP contribution in [0.5, 0.6) is 5.75 Å². The van der Waals surface area contributed by atoms with Crippen molar-refractivity contribution in [3.63, 3.8) is 0 Å². The quantitative estimate of drug-likeness (QED) is 0.871. The van der Waals surface area contributed by atoms with Crippen molar-refractivity contribution in [1.29, 1.82) is 0 Å². The number of ether oxygens (including phenoxy) is 1. The van der Waals surface area contributed by atoms with E-state index in [1.807, 2.05) is 37.3 Å². The Hall–Kier alpha value is -2.29. The van der Waals surface area contributed by atoms with E-state index in [-0.39, 0.29) is 11.9 Å². The van der Waals surface area contributed by atoms with Gasteiger partial charge in [0.15, 0.2) is 0 Å². The highest BCUT2D eigenvalue weighted by atomic mass is 16.5. The number of carbonyl (C=O) groups excluding carboxylic acids is 1. The molecule has 0 aromatic heterocycles. The van der Waals surface area contributed by atoms with Crippen LogP contribution in [0, 0.1) is 13.8 Å². The summed E-state index contributed by atoms with van der Waals surface area (Å²) < 4.78 is 5.26. The van der Waals surface area contributed by atoms with E-state index >= 15 is 0 Å². The van der Waals surface area contributed by atoms with E-state index in [2.05, 4.69) is 31.3 Å². The fourth-order valence-electron chi connectivity index (χ4n) is 2.86. The number of hydrogen-bond acceptors (Lipinski definition) is 2.